The fraction of sp³-hybridized carbons (Fsp3) is 0.0833. The minimum absolute atomic E-state index is 0.130. The summed E-state index contributed by atoms with van der Waals surface area (Å²) in [6.07, 6.45) is 1.74. The molecule has 0 aliphatic heterocycles. The lowest BCUT2D eigenvalue weighted by molar-refractivity contribution is 0.977. The average molecular weight is 254 g/mol. The van der Waals surface area contributed by atoms with Crippen molar-refractivity contribution in [2.75, 3.05) is 0 Å². The number of benzene rings is 1. The highest BCUT2D eigenvalue weighted by Gasteiger charge is 2.05. The number of rotatable bonds is 1. The summed E-state index contributed by atoms with van der Waals surface area (Å²) in [4.78, 5) is 11.7. The number of pyridine rings is 1. The van der Waals surface area contributed by atoms with Gasteiger partial charge in [-0.2, -0.15) is 0 Å². The quantitative estimate of drug-likeness (QED) is 0.763. The Bertz CT molecular complexity index is 590. The van der Waals surface area contributed by atoms with Crippen LogP contribution in [0.2, 0.25) is 10.0 Å². The van der Waals surface area contributed by atoms with Crippen LogP contribution in [0.25, 0.3) is 5.69 Å². The first kappa shape index (κ1) is 11.2. The van der Waals surface area contributed by atoms with E-state index in [9.17, 15) is 4.79 Å². The van der Waals surface area contributed by atoms with Crippen molar-refractivity contribution in [2.24, 2.45) is 0 Å². The van der Waals surface area contributed by atoms with E-state index >= 15 is 0 Å². The van der Waals surface area contributed by atoms with E-state index in [1.807, 2.05) is 6.92 Å². The monoisotopic (exact) mass is 253 g/mol. The Morgan fingerprint density at radius 1 is 1.12 bits per heavy atom. The van der Waals surface area contributed by atoms with Gasteiger partial charge in [-0.15, -0.1) is 0 Å². The van der Waals surface area contributed by atoms with Crippen LogP contribution in [0.1, 0.15) is 5.56 Å². The predicted octanol–water partition coefficient (Wildman–Crippen LogP) is 3.45. The molecular weight excluding hydrogens is 245 g/mol. The fourth-order valence-corrected chi connectivity index (χ4v) is 1.83. The van der Waals surface area contributed by atoms with E-state index in [-0.39, 0.29) is 5.56 Å². The van der Waals surface area contributed by atoms with Crippen molar-refractivity contribution >= 4 is 23.2 Å². The molecule has 1 heterocycles. The summed E-state index contributed by atoms with van der Waals surface area (Å²) < 4.78 is 1.49. The Morgan fingerprint density at radius 3 is 2.62 bits per heavy atom. The van der Waals surface area contributed by atoms with Gasteiger partial charge in [-0.3, -0.25) is 9.36 Å². The van der Waals surface area contributed by atoms with E-state index in [2.05, 4.69) is 0 Å². The first-order chi connectivity index (χ1) is 7.58. The van der Waals surface area contributed by atoms with Gasteiger partial charge in [-0.05, 0) is 30.7 Å². The van der Waals surface area contributed by atoms with Crippen molar-refractivity contribution < 1.29 is 0 Å². The van der Waals surface area contributed by atoms with Gasteiger partial charge in [0.25, 0.3) is 5.56 Å². The molecule has 2 rings (SSSR count). The van der Waals surface area contributed by atoms with Crippen LogP contribution in [0, 0.1) is 6.92 Å². The van der Waals surface area contributed by atoms with Crippen molar-refractivity contribution in [3.8, 4) is 5.69 Å². The standard InChI is InChI=1S/C12H9Cl2NO/c1-8-2-5-12(16)15(7-8)11-6-9(13)3-4-10(11)14/h2-7H,1H3. The van der Waals surface area contributed by atoms with E-state index in [0.717, 1.165) is 5.56 Å². The zero-order valence-corrected chi connectivity index (χ0v) is 10.1. The summed E-state index contributed by atoms with van der Waals surface area (Å²) in [5, 5.41) is 1.05. The van der Waals surface area contributed by atoms with Crippen LogP contribution in [0.5, 0.6) is 0 Å². The van der Waals surface area contributed by atoms with Gasteiger partial charge in [-0.1, -0.05) is 29.3 Å². The molecule has 0 radical (unpaired) electrons. The Balaban J connectivity index is 2.71. The normalized spacial score (nSPS) is 10.4. The minimum Gasteiger partial charge on any atom is -0.282 e. The third kappa shape index (κ3) is 2.13. The van der Waals surface area contributed by atoms with Crippen LogP contribution in [0.3, 0.4) is 0 Å². The van der Waals surface area contributed by atoms with E-state index in [1.165, 1.54) is 10.6 Å². The van der Waals surface area contributed by atoms with E-state index in [4.69, 9.17) is 23.2 Å². The predicted molar refractivity (Wildman–Crippen MR) is 66.8 cm³/mol. The zero-order valence-electron chi connectivity index (χ0n) is 8.58. The fourth-order valence-electron chi connectivity index (χ4n) is 1.45. The lowest BCUT2D eigenvalue weighted by atomic mass is 10.2. The van der Waals surface area contributed by atoms with Gasteiger partial charge in [0.1, 0.15) is 0 Å². The summed E-state index contributed by atoms with van der Waals surface area (Å²) in [5.41, 5.74) is 1.45. The van der Waals surface area contributed by atoms with Crippen molar-refractivity contribution in [1.82, 2.24) is 4.57 Å². The second kappa shape index (κ2) is 4.32. The van der Waals surface area contributed by atoms with Crippen LogP contribution < -0.4 is 5.56 Å². The van der Waals surface area contributed by atoms with E-state index in [1.54, 1.807) is 30.5 Å². The third-order valence-corrected chi connectivity index (χ3v) is 2.78. The zero-order chi connectivity index (χ0) is 11.7. The van der Waals surface area contributed by atoms with Gasteiger partial charge < -0.3 is 0 Å². The molecule has 2 aromatic rings. The SMILES string of the molecule is Cc1ccc(=O)n(-c2cc(Cl)ccc2Cl)c1. The molecule has 0 aliphatic rings. The molecule has 2 nitrogen and oxygen atoms in total. The highest BCUT2D eigenvalue weighted by Crippen LogP contribution is 2.23. The van der Waals surface area contributed by atoms with Gasteiger partial charge in [0, 0.05) is 17.3 Å². The molecule has 16 heavy (non-hydrogen) atoms. The maximum absolute atomic E-state index is 11.7. The Labute approximate surface area is 103 Å². The maximum atomic E-state index is 11.7. The van der Waals surface area contributed by atoms with E-state index in [0.29, 0.717) is 15.7 Å². The van der Waals surface area contributed by atoms with Gasteiger partial charge in [0.05, 0.1) is 10.7 Å². The molecule has 0 bridgehead atoms. The van der Waals surface area contributed by atoms with Crippen LogP contribution in [-0.2, 0) is 0 Å². The molecule has 0 atom stereocenters. The first-order valence-corrected chi connectivity index (χ1v) is 5.48. The number of halogens is 2. The van der Waals surface area contributed by atoms with Gasteiger partial charge in [0.2, 0.25) is 0 Å². The molecule has 0 spiro atoms. The maximum Gasteiger partial charge on any atom is 0.255 e. The molecule has 0 fully saturated rings. The van der Waals surface area contributed by atoms with Gasteiger partial charge in [0.15, 0.2) is 0 Å². The van der Waals surface area contributed by atoms with Crippen LogP contribution in [0.4, 0.5) is 0 Å². The number of nitrogens with zero attached hydrogens (tertiary/aromatic N) is 1. The summed E-state index contributed by atoms with van der Waals surface area (Å²) in [7, 11) is 0. The summed E-state index contributed by atoms with van der Waals surface area (Å²) in [6, 6.07) is 8.30. The van der Waals surface area contributed by atoms with Crippen molar-refractivity contribution in [1.29, 1.82) is 0 Å². The Kier molecular flexibility index (Phi) is 3.03. The highest BCUT2D eigenvalue weighted by atomic mass is 35.5. The summed E-state index contributed by atoms with van der Waals surface area (Å²) in [5.74, 6) is 0. The van der Waals surface area contributed by atoms with Gasteiger partial charge in [-0.25, -0.2) is 0 Å². The van der Waals surface area contributed by atoms with Gasteiger partial charge >= 0.3 is 0 Å². The van der Waals surface area contributed by atoms with Crippen molar-refractivity contribution in [3.63, 3.8) is 0 Å². The molecule has 0 unspecified atom stereocenters. The van der Waals surface area contributed by atoms with Crippen LogP contribution in [-0.4, -0.2) is 4.57 Å². The molecule has 0 amide bonds. The Hall–Kier alpha value is -1.25. The molecule has 1 aromatic heterocycles. The molecular formula is C12H9Cl2NO. The Morgan fingerprint density at radius 2 is 1.88 bits per heavy atom. The average Bonchev–Trinajstić information content (AvgIpc) is 2.25. The number of hydrogen-bond acceptors (Lipinski definition) is 1. The third-order valence-electron chi connectivity index (χ3n) is 2.23. The number of aryl methyl sites for hydroxylation is 1. The molecule has 1 aromatic carbocycles. The van der Waals surface area contributed by atoms with Crippen molar-refractivity contribution in [2.45, 2.75) is 6.92 Å². The molecule has 0 aliphatic carbocycles. The summed E-state index contributed by atoms with van der Waals surface area (Å²) in [6.45, 7) is 1.91. The molecule has 0 saturated carbocycles. The largest absolute Gasteiger partial charge is 0.282 e. The first-order valence-electron chi connectivity index (χ1n) is 4.72. The van der Waals surface area contributed by atoms with E-state index < -0.39 is 0 Å². The molecule has 0 N–H and O–H groups in total. The lowest BCUT2D eigenvalue weighted by Gasteiger charge is -2.08. The van der Waals surface area contributed by atoms with Crippen molar-refractivity contribution in [3.05, 3.63) is 62.5 Å². The highest BCUT2D eigenvalue weighted by molar-refractivity contribution is 6.34. The van der Waals surface area contributed by atoms with Crippen LogP contribution >= 0.6 is 23.2 Å². The smallest absolute Gasteiger partial charge is 0.255 e. The minimum atomic E-state index is -0.130. The molecule has 4 heteroatoms. The van der Waals surface area contributed by atoms with Crippen LogP contribution in [0.15, 0.2) is 41.3 Å². The number of hydrogen-bond donors (Lipinski definition) is 0. The summed E-state index contributed by atoms with van der Waals surface area (Å²) >= 11 is 11.9. The lowest BCUT2D eigenvalue weighted by Crippen LogP contribution is -2.16. The topological polar surface area (TPSA) is 22.0 Å². The number of aromatic nitrogens is 1. The second-order valence-electron chi connectivity index (χ2n) is 3.51. The molecule has 82 valence electrons. The second-order valence-corrected chi connectivity index (χ2v) is 4.35. The molecule has 0 saturated heterocycles.